The molecular weight excluding hydrogens is 232 g/mol. The van der Waals surface area contributed by atoms with E-state index in [1.54, 1.807) is 17.7 Å². The largest absolute Gasteiger partial charge is 0.310 e. The lowest BCUT2D eigenvalue weighted by Crippen LogP contribution is -2.02. The Morgan fingerprint density at radius 1 is 1.53 bits per heavy atom. The number of halogens is 1. The molecule has 15 heavy (non-hydrogen) atoms. The van der Waals surface area contributed by atoms with Gasteiger partial charge in [-0.05, 0) is 6.42 Å². The van der Waals surface area contributed by atoms with Crippen LogP contribution in [-0.4, -0.2) is 19.7 Å². The topological polar surface area (TPSA) is 43.6 Å². The van der Waals surface area contributed by atoms with Gasteiger partial charge in [0.15, 0.2) is 0 Å². The van der Waals surface area contributed by atoms with E-state index in [1.807, 2.05) is 10.8 Å². The van der Waals surface area contributed by atoms with Gasteiger partial charge in [-0.3, -0.25) is 0 Å². The maximum absolute atomic E-state index is 5.73. The van der Waals surface area contributed by atoms with Gasteiger partial charge in [-0.2, -0.15) is 0 Å². The molecular formula is C9H11ClN4S. The molecule has 0 amide bonds. The number of rotatable bonds is 4. The fourth-order valence-electron chi connectivity index (χ4n) is 1.24. The predicted molar refractivity (Wildman–Crippen MR) is 60.2 cm³/mol. The Kier molecular flexibility index (Phi) is 3.33. The van der Waals surface area contributed by atoms with Crippen LogP contribution in [0.4, 0.5) is 0 Å². The van der Waals surface area contributed by atoms with Crippen molar-refractivity contribution in [2.24, 2.45) is 0 Å². The highest BCUT2D eigenvalue weighted by Gasteiger charge is 2.06. The average molecular weight is 243 g/mol. The molecule has 0 radical (unpaired) electrons. The van der Waals surface area contributed by atoms with Crippen LogP contribution in [0.25, 0.3) is 0 Å². The minimum Gasteiger partial charge on any atom is -0.310 e. The molecule has 2 aromatic rings. The monoisotopic (exact) mass is 242 g/mol. The van der Waals surface area contributed by atoms with Gasteiger partial charge in [-0.15, -0.1) is 33.1 Å². The molecule has 2 heterocycles. The van der Waals surface area contributed by atoms with Crippen molar-refractivity contribution in [3.8, 4) is 0 Å². The van der Waals surface area contributed by atoms with Crippen LogP contribution in [-0.2, 0) is 18.8 Å². The molecule has 0 saturated heterocycles. The first-order chi connectivity index (χ1) is 7.33. The Morgan fingerprint density at radius 3 is 3.07 bits per heavy atom. The van der Waals surface area contributed by atoms with Gasteiger partial charge in [0.1, 0.15) is 17.2 Å². The number of thiazole rings is 1. The highest BCUT2D eigenvalue weighted by atomic mass is 35.5. The molecule has 0 N–H and O–H groups in total. The molecule has 0 saturated carbocycles. The van der Waals surface area contributed by atoms with Gasteiger partial charge < -0.3 is 4.57 Å². The van der Waals surface area contributed by atoms with Gasteiger partial charge >= 0.3 is 0 Å². The summed E-state index contributed by atoms with van der Waals surface area (Å²) in [6.07, 6.45) is 4.64. The van der Waals surface area contributed by atoms with Crippen LogP contribution in [0.2, 0.25) is 0 Å². The van der Waals surface area contributed by atoms with Crippen LogP contribution in [0.15, 0.2) is 12.5 Å². The third-order valence-corrected chi connectivity index (χ3v) is 3.44. The Bertz CT molecular complexity index is 437. The zero-order valence-corrected chi connectivity index (χ0v) is 9.92. The maximum Gasteiger partial charge on any atom is 0.148 e. The lowest BCUT2D eigenvalue weighted by molar-refractivity contribution is 0.749. The second kappa shape index (κ2) is 4.72. The molecule has 0 atom stereocenters. The first-order valence-electron chi connectivity index (χ1n) is 4.69. The van der Waals surface area contributed by atoms with Crippen molar-refractivity contribution in [2.75, 3.05) is 0 Å². The smallest absolute Gasteiger partial charge is 0.148 e. The van der Waals surface area contributed by atoms with Gasteiger partial charge in [-0.25, -0.2) is 4.98 Å². The number of aromatic nitrogens is 4. The minimum absolute atomic E-state index is 0.381. The molecule has 0 spiro atoms. The molecule has 0 aromatic carbocycles. The molecule has 0 aliphatic rings. The molecule has 6 heteroatoms. The molecule has 0 aliphatic carbocycles. The zero-order chi connectivity index (χ0) is 10.7. The predicted octanol–water partition coefficient (Wildman–Crippen LogP) is 2.08. The van der Waals surface area contributed by atoms with E-state index in [2.05, 4.69) is 22.1 Å². The average Bonchev–Trinajstić information content (AvgIpc) is 2.87. The Balaban J connectivity index is 2.14. The molecule has 2 aromatic heterocycles. The van der Waals surface area contributed by atoms with Crippen molar-refractivity contribution < 1.29 is 0 Å². The summed E-state index contributed by atoms with van der Waals surface area (Å²) in [6.45, 7) is 2.83. The highest BCUT2D eigenvalue weighted by molar-refractivity contribution is 7.11. The summed E-state index contributed by atoms with van der Waals surface area (Å²) in [5.41, 5.74) is 0. The van der Waals surface area contributed by atoms with Crippen LogP contribution in [0.5, 0.6) is 0 Å². The van der Waals surface area contributed by atoms with E-state index in [0.717, 1.165) is 17.3 Å². The minimum atomic E-state index is 0.381. The molecule has 0 unspecified atom stereocenters. The quantitative estimate of drug-likeness (QED) is 0.771. The summed E-state index contributed by atoms with van der Waals surface area (Å²) < 4.78 is 1.92. The van der Waals surface area contributed by atoms with Crippen molar-refractivity contribution in [1.82, 2.24) is 19.7 Å². The van der Waals surface area contributed by atoms with Crippen LogP contribution in [0.3, 0.4) is 0 Å². The van der Waals surface area contributed by atoms with Crippen molar-refractivity contribution in [1.29, 1.82) is 0 Å². The van der Waals surface area contributed by atoms with Crippen LogP contribution in [0, 0.1) is 0 Å². The van der Waals surface area contributed by atoms with Gasteiger partial charge in [0, 0.05) is 11.1 Å². The summed E-state index contributed by atoms with van der Waals surface area (Å²) in [5, 5.41) is 8.80. The van der Waals surface area contributed by atoms with E-state index in [4.69, 9.17) is 11.6 Å². The maximum atomic E-state index is 5.73. The summed E-state index contributed by atoms with van der Waals surface area (Å²) in [5.74, 6) is 1.16. The second-order valence-corrected chi connectivity index (χ2v) is 4.55. The van der Waals surface area contributed by atoms with E-state index < -0.39 is 0 Å². The van der Waals surface area contributed by atoms with E-state index >= 15 is 0 Å². The Labute approximate surface area is 96.9 Å². The van der Waals surface area contributed by atoms with Gasteiger partial charge in [0.25, 0.3) is 0 Å². The summed E-state index contributed by atoms with van der Waals surface area (Å²) in [4.78, 5) is 5.63. The Morgan fingerprint density at radius 2 is 2.40 bits per heavy atom. The van der Waals surface area contributed by atoms with Gasteiger partial charge in [0.2, 0.25) is 0 Å². The van der Waals surface area contributed by atoms with Gasteiger partial charge in [-0.1, -0.05) is 6.92 Å². The van der Waals surface area contributed by atoms with Crippen molar-refractivity contribution in [3.63, 3.8) is 0 Å². The molecule has 0 bridgehead atoms. The lowest BCUT2D eigenvalue weighted by Gasteiger charge is -2.00. The lowest BCUT2D eigenvalue weighted by atomic mass is 10.4. The molecule has 4 nitrogen and oxygen atoms in total. The fourth-order valence-corrected chi connectivity index (χ4v) is 2.31. The normalized spacial score (nSPS) is 10.8. The van der Waals surface area contributed by atoms with E-state index in [-0.39, 0.29) is 0 Å². The zero-order valence-electron chi connectivity index (χ0n) is 8.35. The number of nitrogens with zero attached hydrogens (tertiary/aromatic N) is 4. The molecule has 80 valence electrons. The standard InChI is InChI=1S/C9H11ClN4S/c1-2-7-4-11-9(15-7)5-14-6-12-13-8(14)3-10/h4,6H,2-3,5H2,1H3. The highest BCUT2D eigenvalue weighted by Crippen LogP contribution is 2.15. The SMILES string of the molecule is CCc1cnc(Cn2cnnc2CCl)s1. The Hall–Kier alpha value is -0.940. The molecule has 0 aliphatic heterocycles. The van der Waals surface area contributed by atoms with E-state index in [9.17, 15) is 0 Å². The van der Waals surface area contributed by atoms with Crippen LogP contribution < -0.4 is 0 Å². The molecule has 0 fully saturated rings. The van der Waals surface area contributed by atoms with Gasteiger partial charge in [0.05, 0.1) is 12.4 Å². The fraction of sp³-hybridized carbons (Fsp3) is 0.444. The van der Waals surface area contributed by atoms with E-state index in [1.165, 1.54) is 4.88 Å². The number of aryl methyl sites for hydroxylation is 1. The first kappa shape index (κ1) is 10.6. The summed E-state index contributed by atoms with van der Waals surface area (Å²) in [6, 6.07) is 0. The summed E-state index contributed by atoms with van der Waals surface area (Å²) >= 11 is 7.45. The first-order valence-corrected chi connectivity index (χ1v) is 6.04. The molecule has 2 rings (SSSR count). The van der Waals surface area contributed by atoms with Crippen LogP contribution >= 0.6 is 22.9 Å². The van der Waals surface area contributed by atoms with Crippen molar-refractivity contribution in [2.45, 2.75) is 25.8 Å². The van der Waals surface area contributed by atoms with Crippen molar-refractivity contribution in [3.05, 3.63) is 28.2 Å². The number of alkyl halides is 1. The van der Waals surface area contributed by atoms with Crippen LogP contribution in [0.1, 0.15) is 22.6 Å². The van der Waals surface area contributed by atoms with E-state index in [0.29, 0.717) is 12.4 Å². The third kappa shape index (κ3) is 2.35. The van der Waals surface area contributed by atoms with Crippen molar-refractivity contribution >= 4 is 22.9 Å². The second-order valence-electron chi connectivity index (χ2n) is 3.08. The third-order valence-electron chi connectivity index (χ3n) is 2.07. The number of hydrogen-bond acceptors (Lipinski definition) is 4. The number of hydrogen-bond donors (Lipinski definition) is 0. The summed E-state index contributed by atoms with van der Waals surface area (Å²) in [7, 11) is 0.